The molecule has 146 valence electrons. The van der Waals surface area contributed by atoms with E-state index in [2.05, 4.69) is 24.1 Å². The molecular formula is C19H25N3O3S2. The smallest absolute Gasteiger partial charge is 0.243 e. The van der Waals surface area contributed by atoms with Gasteiger partial charge in [-0.2, -0.15) is 4.31 Å². The van der Waals surface area contributed by atoms with E-state index in [9.17, 15) is 13.2 Å². The van der Waals surface area contributed by atoms with Crippen molar-refractivity contribution >= 4 is 32.4 Å². The van der Waals surface area contributed by atoms with Crippen molar-refractivity contribution in [3.05, 3.63) is 40.9 Å². The number of amides is 1. The Bertz CT molecular complexity index is 897. The van der Waals surface area contributed by atoms with Gasteiger partial charge in [0.1, 0.15) is 0 Å². The van der Waals surface area contributed by atoms with Crippen LogP contribution in [0.2, 0.25) is 0 Å². The van der Waals surface area contributed by atoms with Crippen LogP contribution in [0.15, 0.2) is 35.4 Å². The third-order valence-corrected chi connectivity index (χ3v) is 7.60. The van der Waals surface area contributed by atoms with Gasteiger partial charge in [0.05, 0.1) is 4.90 Å². The lowest BCUT2D eigenvalue weighted by atomic mass is 9.97. The molecule has 1 aromatic carbocycles. The number of hydrogen-bond acceptors (Lipinski definition) is 5. The number of anilines is 1. The van der Waals surface area contributed by atoms with E-state index in [4.69, 9.17) is 0 Å². The predicted molar refractivity (Wildman–Crippen MR) is 107 cm³/mol. The summed E-state index contributed by atoms with van der Waals surface area (Å²) >= 11 is 1.44. The molecule has 1 aromatic heterocycles. The Morgan fingerprint density at radius 2 is 1.85 bits per heavy atom. The number of piperidine rings is 1. The molecule has 0 radical (unpaired) electrons. The molecule has 1 aliphatic heterocycles. The van der Waals surface area contributed by atoms with Crippen LogP contribution in [0.4, 0.5) is 5.13 Å². The van der Waals surface area contributed by atoms with Crippen molar-refractivity contribution in [2.75, 3.05) is 18.4 Å². The van der Waals surface area contributed by atoms with Crippen LogP contribution in [0, 0.1) is 12.8 Å². The maximum absolute atomic E-state index is 12.9. The van der Waals surface area contributed by atoms with Crippen molar-refractivity contribution in [3.8, 4) is 0 Å². The highest BCUT2D eigenvalue weighted by Crippen LogP contribution is 2.26. The summed E-state index contributed by atoms with van der Waals surface area (Å²) < 4.78 is 27.2. The lowest BCUT2D eigenvalue weighted by molar-refractivity contribution is -0.120. The van der Waals surface area contributed by atoms with Crippen molar-refractivity contribution in [2.45, 2.75) is 44.4 Å². The van der Waals surface area contributed by atoms with Crippen molar-refractivity contribution in [3.63, 3.8) is 0 Å². The molecule has 0 aliphatic carbocycles. The Kier molecular flexibility index (Phi) is 5.98. The summed E-state index contributed by atoms with van der Waals surface area (Å²) in [5, 5.41) is 3.43. The Morgan fingerprint density at radius 1 is 1.22 bits per heavy atom. The summed E-state index contributed by atoms with van der Waals surface area (Å²) in [4.78, 5) is 17.9. The first kappa shape index (κ1) is 20.0. The van der Waals surface area contributed by atoms with E-state index >= 15 is 0 Å². The minimum atomic E-state index is -3.52. The zero-order valence-corrected chi connectivity index (χ0v) is 17.4. The molecule has 0 bridgehead atoms. The van der Waals surface area contributed by atoms with Crippen molar-refractivity contribution in [2.24, 2.45) is 5.92 Å². The normalized spacial score (nSPS) is 16.6. The molecule has 1 N–H and O–H groups in total. The fourth-order valence-corrected chi connectivity index (χ4v) is 5.29. The molecule has 2 heterocycles. The van der Waals surface area contributed by atoms with Crippen LogP contribution >= 0.6 is 11.3 Å². The third-order valence-electron chi connectivity index (χ3n) is 4.86. The van der Waals surface area contributed by atoms with Crippen molar-refractivity contribution < 1.29 is 13.2 Å². The Hall–Kier alpha value is -1.77. The Balaban J connectivity index is 1.61. The van der Waals surface area contributed by atoms with Gasteiger partial charge in [-0.1, -0.05) is 26.0 Å². The minimum Gasteiger partial charge on any atom is -0.302 e. The molecule has 0 saturated carbocycles. The third kappa shape index (κ3) is 4.56. The summed E-state index contributed by atoms with van der Waals surface area (Å²) in [5.74, 6) is 0.0873. The van der Waals surface area contributed by atoms with Gasteiger partial charge < -0.3 is 5.32 Å². The van der Waals surface area contributed by atoms with E-state index < -0.39 is 10.0 Å². The number of thiazole rings is 1. The van der Waals surface area contributed by atoms with Crippen LogP contribution in [0.5, 0.6) is 0 Å². The minimum absolute atomic E-state index is 0.0808. The number of sulfonamides is 1. The fourth-order valence-electron chi connectivity index (χ4n) is 3.15. The van der Waals surface area contributed by atoms with Gasteiger partial charge in [0.25, 0.3) is 0 Å². The Morgan fingerprint density at radius 3 is 2.37 bits per heavy atom. The van der Waals surface area contributed by atoms with Gasteiger partial charge in [-0.05, 0) is 43.4 Å². The van der Waals surface area contributed by atoms with Gasteiger partial charge in [-0.25, -0.2) is 13.4 Å². The molecule has 6 nitrogen and oxygen atoms in total. The average Bonchev–Trinajstić information content (AvgIpc) is 3.06. The number of nitrogens with zero attached hydrogens (tertiary/aromatic N) is 2. The van der Waals surface area contributed by atoms with Crippen LogP contribution in [-0.4, -0.2) is 36.7 Å². The second-order valence-electron chi connectivity index (χ2n) is 7.17. The number of aryl methyl sites for hydroxylation is 1. The van der Waals surface area contributed by atoms with Gasteiger partial charge in [0.2, 0.25) is 15.9 Å². The number of carbonyl (C=O) groups is 1. The van der Waals surface area contributed by atoms with Crippen molar-refractivity contribution in [1.29, 1.82) is 0 Å². The monoisotopic (exact) mass is 407 g/mol. The highest BCUT2D eigenvalue weighted by Gasteiger charge is 2.32. The fraction of sp³-hybridized carbons (Fsp3) is 0.474. The number of aromatic nitrogens is 1. The molecule has 0 atom stereocenters. The van der Waals surface area contributed by atoms with E-state index in [0.29, 0.717) is 41.9 Å². The second-order valence-corrected chi connectivity index (χ2v) is 10.3. The van der Waals surface area contributed by atoms with Gasteiger partial charge in [-0.15, -0.1) is 11.3 Å². The molecule has 0 unspecified atom stereocenters. The standard InChI is InChI=1S/C19H25N3O3S2/c1-13(2)15-4-6-17(7-5-15)27(24,25)22-10-8-16(9-11-22)18(23)21-19-20-12-14(3)26-19/h4-7,12-13,16H,8-11H2,1-3H3,(H,20,21,23). The SMILES string of the molecule is Cc1cnc(NC(=O)C2CCN(S(=O)(=O)c3ccc(C(C)C)cc3)CC2)s1. The van der Waals surface area contributed by atoms with Crippen LogP contribution in [0.25, 0.3) is 0 Å². The van der Waals surface area contributed by atoms with Crippen LogP contribution in [0.3, 0.4) is 0 Å². The molecule has 1 fully saturated rings. The molecular weight excluding hydrogens is 382 g/mol. The molecule has 1 aliphatic rings. The highest BCUT2D eigenvalue weighted by molar-refractivity contribution is 7.89. The molecule has 1 saturated heterocycles. The van der Waals surface area contributed by atoms with E-state index in [0.717, 1.165) is 10.4 Å². The molecule has 1 amide bonds. The van der Waals surface area contributed by atoms with E-state index in [-0.39, 0.29) is 11.8 Å². The maximum atomic E-state index is 12.9. The lowest BCUT2D eigenvalue weighted by Gasteiger charge is -2.30. The first-order valence-electron chi connectivity index (χ1n) is 9.11. The summed E-state index contributed by atoms with van der Waals surface area (Å²) in [6, 6.07) is 7.09. The molecule has 8 heteroatoms. The summed E-state index contributed by atoms with van der Waals surface area (Å²) in [7, 11) is -3.52. The van der Waals surface area contributed by atoms with Crippen LogP contribution in [-0.2, 0) is 14.8 Å². The number of hydrogen-bond donors (Lipinski definition) is 1. The van der Waals surface area contributed by atoms with E-state index in [1.807, 2.05) is 19.1 Å². The average molecular weight is 408 g/mol. The first-order chi connectivity index (χ1) is 12.8. The van der Waals surface area contributed by atoms with Gasteiger partial charge in [-0.3, -0.25) is 4.79 Å². The van der Waals surface area contributed by atoms with E-state index in [1.54, 1.807) is 18.3 Å². The zero-order chi connectivity index (χ0) is 19.6. The van der Waals surface area contributed by atoms with Crippen LogP contribution < -0.4 is 5.32 Å². The van der Waals surface area contributed by atoms with E-state index in [1.165, 1.54) is 15.6 Å². The zero-order valence-electron chi connectivity index (χ0n) is 15.8. The van der Waals surface area contributed by atoms with Crippen molar-refractivity contribution in [1.82, 2.24) is 9.29 Å². The molecule has 0 spiro atoms. The first-order valence-corrected chi connectivity index (χ1v) is 11.4. The number of nitrogens with one attached hydrogen (secondary N) is 1. The lowest BCUT2D eigenvalue weighted by Crippen LogP contribution is -2.41. The molecule has 27 heavy (non-hydrogen) atoms. The number of rotatable bonds is 5. The Labute approximate surface area is 164 Å². The largest absolute Gasteiger partial charge is 0.302 e. The maximum Gasteiger partial charge on any atom is 0.243 e. The summed E-state index contributed by atoms with van der Waals surface area (Å²) in [5.41, 5.74) is 1.11. The summed E-state index contributed by atoms with van der Waals surface area (Å²) in [6.07, 6.45) is 2.75. The topological polar surface area (TPSA) is 79.4 Å². The number of benzene rings is 1. The van der Waals surface area contributed by atoms with Gasteiger partial charge >= 0.3 is 0 Å². The van der Waals surface area contributed by atoms with Gasteiger partial charge in [0, 0.05) is 30.1 Å². The summed E-state index contributed by atoms with van der Waals surface area (Å²) in [6.45, 7) is 6.79. The van der Waals surface area contributed by atoms with Crippen LogP contribution in [0.1, 0.15) is 43.0 Å². The molecule has 2 aromatic rings. The van der Waals surface area contributed by atoms with Gasteiger partial charge in [0.15, 0.2) is 5.13 Å². The quantitative estimate of drug-likeness (QED) is 0.821. The second kappa shape index (κ2) is 8.08. The molecule has 3 rings (SSSR count). The predicted octanol–water partition coefficient (Wildman–Crippen LogP) is 3.61. The number of carbonyl (C=O) groups excluding carboxylic acids is 1. The highest BCUT2D eigenvalue weighted by atomic mass is 32.2.